The summed E-state index contributed by atoms with van der Waals surface area (Å²) in [7, 11) is 0. The van der Waals surface area contributed by atoms with E-state index in [2.05, 4.69) is 22.1 Å². The number of aromatic amines is 1. The summed E-state index contributed by atoms with van der Waals surface area (Å²) < 4.78 is 0. The van der Waals surface area contributed by atoms with Gasteiger partial charge in [0, 0.05) is 33.6 Å². The van der Waals surface area contributed by atoms with Crippen LogP contribution in [-0.2, 0) is 0 Å². The van der Waals surface area contributed by atoms with Gasteiger partial charge in [-0.05, 0) is 42.0 Å². The number of hydrogen-bond donors (Lipinski definition) is 2. The molecule has 4 rings (SSSR count). The van der Waals surface area contributed by atoms with Crippen LogP contribution in [0.4, 0.5) is 10.0 Å². The van der Waals surface area contributed by atoms with E-state index < -0.39 is 0 Å². The molecular formula is C18H15N4S2+. The molecule has 5 N–H and O–H groups in total. The summed E-state index contributed by atoms with van der Waals surface area (Å²) in [5.74, 6) is 0. The molecule has 0 saturated heterocycles. The number of nitrogens with two attached hydrogens (primary N) is 2. The molecular weight excluding hydrogens is 336 g/mol. The van der Waals surface area contributed by atoms with Crippen molar-refractivity contribution in [2.45, 2.75) is 0 Å². The maximum atomic E-state index is 5.84. The van der Waals surface area contributed by atoms with Gasteiger partial charge in [0.2, 0.25) is 5.69 Å². The molecule has 4 aromatic heterocycles. The summed E-state index contributed by atoms with van der Waals surface area (Å²) in [5, 5.41) is 1.63. The Bertz CT molecular complexity index is 922. The highest BCUT2D eigenvalue weighted by atomic mass is 32.1. The first kappa shape index (κ1) is 14.9. The average Bonchev–Trinajstić information content (AvgIpc) is 3.24. The lowest BCUT2D eigenvalue weighted by atomic mass is 10.1. The molecule has 4 heterocycles. The van der Waals surface area contributed by atoms with Gasteiger partial charge in [0.25, 0.3) is 0 Å². The van der Waals surface area contributed by atoms with Gasteiger partial charge in [-0.25, -0.2) is 9.97 Å². The molecule has 0 bridgehead atoms. The summed E-state index contributed by atoms with van der Waals surface area (Å²) in [6.07, 6.45) is 3.75. The lowest BCUT2D eigenvalue weighted by Gasteiger charge is -2.01. The Labute approximate surface area is 147 Å². The molecule has 0 spiro atoms. The number of pyridine rings is 2. The molecule has 118 valence electrons. The van der Waals surface area contributed by atoms with E-state index in [0.717, 1.165) is 42.3 Å². The summed E-state index contributed by atoms with van der Waals surface area (Å²) in [4.78, 5) is 10.1. The van der Waals surface area contributed by atoms with Crippen LogP contribution in [0.5, 0.6) is 0 Å². The lowest BCUT2D eigenvalue weighted by molar-refractivity contribution is -0.364. The van der Waals surface area contributed by atoms with Crippen molar-refractivity contribution in [1.82, 2.24) is 4.98 Å². The Morgan fingerprint density at radius 1 is 0.792 bits per heavy atom. The molecule has 0 saturated carbocycles. The topological polar surface area (TPSA) is 79.1 Å². The number of H-pyrrole nitrogens is 1. The van der Waals surface area contributed by atoms with Crippen LogP contribution in [0.25, 0.3) is 32.3 Å². The maximum absolute atomic E-state index is 5.84. The highest BCUT2D eigenvalue weighted by Gasteiger charge is 2.12. The van der Waals surface area contributed by atoms with Crippen molar-refractivity contribution in [3.63, 3.8) is 0 Å². The van der Waals surface area contributed by atoms with E-state index in [0.29, 0.717) is 0 Å². The standard InChI is InChI=1S/C18H14N4S2/c19-17-3-1-15(23-17)11-5-7-21-13(9-11)14-10-12(6-8-22-14)16-2-4-18(20)24-16/h1-10H,19-20H2/p+1. The Kier molecular flexibility index (Phi) is 3.76. The van der Waals surface area contributed by atoms with Crippen molar-refractivity contribution in [2.24, 2.45) is 0 Å². The molecule has 6 heteroatoms. The van der Waals surface area contributed by atoms with E-state index in [4.69, 9.17) is 11.5 Å². The molecule has 0 atom stereocenters. The predicted molar refractivity (Wildman–Crippen MR) is 102 cm³/mol. The van der Waals surface area contributed by atoms with Crippen molar-refractivity contribution >= 4 is 32.7 Å². The predicted octanol–water partition coefficient (Wildman–Crippen LogP) is 4.18. The van der Waals surface area contributed by atoms with Crippen LogP contribution in [0.2, 0.25) is 0 Å². The number of nitrogen functional groups attached to an aromatic ring is 2. The minimum Gasteiger partial charge on any atom is -0.391 e. The number of anilines is 2. The van der Waals surface area contributed by atoms with Gasteiger partial charge in [0.05, 0.1) is 10.0 Å². The van der Waals surface area contributed by atoms with Crippen LogP contribution < -0.4 is 16.5 Å². The van der Waals surface area contributed by atoms with Gasteiger partial charge in [-0.15, -0.1) is 22.7 Å². The molecule has 4 nitrogen and oxygen atoms in total. The normalized spacial score (nSPS) is 10.8. The Balaban J connectivity index is 1.74. The second-order valence-electron chi connectivity index (χ2n) is 5.32. The third kappa shape index (κ3) is 2.89. The monoisotopic (exact) mass is 351 g/mol. The Morgan fingerprint density at radius 2 is 1.46 bits per heavy atom. The Hall–Kier alpha value is -2.70. The summed E-state index contributed by atoms with van der Waals surface area (Å²) >= 11 is 3.15. The van der Waals surface area contributed by atoms with Gasteiger partial charge >= 0.3 is 0 Å². The number of nitrogens with one attached hydrogen (secondary N) is 1. The summed E-state index contributed by atoms with van der Waals surface area (Å²) in [5.41, 5.74) is 15.8. The van der Waals surface area contributed by atoms with Crippen LogP contribution >= 0.6 is 22.7 Å². The number of aromatic nitrogens is 2. The fourth-order valence-corrected chi connectivity index (χ4v) is 4.06. The van der Waals surface area contributed by atoms with Gasteiger partial charge in [-0.2, -0.15) is 0 Å². The van der Waals surface area contributed by atoms with Crippen LogP contribution in [0.15, 0.2) is 60.9 Å². The molecule has 0 fully saturated rings. The van der Waals surface area contributed by atoms with Crippen molar-refractivity contribution in [2.75, 3.05) is 11.5 Å². The number of rotatable bonds is 3. The van der Waals surface area contributed by atoms with E-state index in [1.165, 1.54) is 0 Å². The van der Waals surface area contributed by atoms with Gasteiger partial charge in [-0.1, -0.05) is 0 Å². The molecule has 0 unspecified atom stereocenters. The number of hydrogen-bond acceptors (Lipinski definition) is 5. The number of thiophene rings is 2. The maximum Gasteiger partial charge on any atom is 0.230 e. The van der Waals surface area contributed by atoms with Crippen molar-refractivity contribution in [1.29, 1.82) is 0 Å². The third-order valence-electron chi connectivity index (χ3n) is 3.66. The molecule has 24 heavy (non-hydrogen) atoms. The zero-order valence-corrected chi connectivity index (χ0v) is 14.3. The number of nitrogens with zero attached hydrogens (tertiary/aromatic N) is 1. The first-order valence-corrected chi connectivity index (χ1v) is 9.02. The van der Waals surface area contributed by atoms with E-state index in [1.807, 2.05) is 48.8 Å². The second kappa shape index (κ2) is 6.07. The van der Waals surface area contributed by atoms with Crippen LogP contribution in [-0.4, -0.2) is 4.98 Å². The molecule has 0 aliphatic rings. The fraction of sp³-hybridized carbons (Fsp3) is 0. The van der Waals surface area contributed by atoms with Crippen LogP contribution in [0, 0.1) is 0 Å². The minimum absolute atomic E-state index is 0.812. The quantitative estimate of drug-likeness (QED) is 0.581. The first-order chi connectivity index (χ1) is 11.7. The third-order valence-corrected chi connectivity index (χ3v) is 5.59. The van der Waals surface area contributed by atoms with Gasteiger partial charge < -0.3 is 11.5 Å². The second-order valence-corrected chi connectivity index (χ2v) is 7.56. The fourth-order valence-electron chi connectivity index (χ4n) is 2.51. The SMILES string of the molecule is Nc1ccc(-c2ccnc(-c3cc(-c4ccc(N)s4)cc[nH+]3)c2)s1. The molecule has 0 amide bonds. The van der Waals surface area contributed by atoms with Gasteiger partial charge in [0.1, 0.15) is 5.69 Å². The zero-order chi connectivity index (χ0) is 16.5. The van der Waals surface area contributed by atoms with Crippen molar-refractivity contribution in [3.05, 3.63) is 60.9 Å². The highest BCUT2D eigenvalue weighted by molar-refractivity contribution is 7.19. The molecule has 0 aliphatic carbocycles. The molecule has 0 aliphatic heterocycles. The van der Waals surface area contributed by atoms with E-state index in [-0.39, 0.29) is 0 Å². The van der Waals surface area contributed by atoms with Crippen LogP contribution in [0.1, 0.15) is 0 Å². The van der Waals surface area contributed by atoms with E-state index in [9.17, 15) is 0 Å². The van der Waals surface area contributed by atoms with E-state index in [1.54, 1.807) is 22.7 Å². The van der Waals surface area contributed by atoms with E-state index >= 15 is 0 Å². The molecule has 0 radical (unpaired) electrons. The average molecular weight is 351 g/mol. The Morgan fingerprint density at radius 3 is 2.08 bits per heavy atom. The van der Waals surface area contributed by atoms with Crippen molar-refractivity contribution < 1.29 is 4.98 Å². The smallest absolute Gasteiger partial charge is 0.230 e. The van der Waals surface area contributed by atoms with Gasteiger partial charge in [0.15, 0.2) is 6.20 Å². The van der Waals surface area contributed by atoms with Gasteiger partial charge in [-0.3, -0.25) is 0 Å². The largest absolute Gasteiger partial charge is 0.391 e. The van der Waals surface area contributed by atoms with Crippen LogP contribution in [0.3, 0.4) is 0 Å². The highest BCUT2D eigenvalue weighted by Crippen LogP contribution is 2.32. The zero-order valence-electron chi connectivity index (χ0n) is 12.7. The molecule has 4 aromatic rings. The molecule has 0 aromatic carbocycles. The summed E-state index contributed by atoms with van der Waals surface area (Å²) in [6.45, 7) is 0. The lowest BCUT2D eigenvalue weighted by Crippen LogP contribution is -2.06. The summed E-state index contributed by atoms with van der Waals surface area (Å²) in [6, 6.07) is 16.1. The first-order valence-electron chi connectivity index (χ1n) is 7.38. The minimum atomic E-state index is 0.812. The van der Waals surface area contributed by atoms with Crippen molar-refractivity contribution in [3.8, 4) is 32.3 Å².